The van der Waals surface area contributed by atoms with Crippen LogP contribution >= 0.6 is 11.6 Å². The standard InChI is InChI=1S/C11H14ClFN2O/c1-7-5-9(12)8(6-10(7)13)11(16)15-4-3-14-2/h5-6,14H,3-4H2,1-2H3,(H,15,16). The molecule has 0 aliphatic heterocycles. The van der Waals surface area contributed by atoms with Crippen LogP contribution in [0.1, 0.15) is 15.9 Å². The Bertz CT molecular complexity index is 396. The lowest BCUT2D eigenvalue weighted by molar-refractivity contribution is 0.0954. The smallest absolute Gasteiger partial charge is 0.252 e. The average Bonchev–Trinajstić information content (AvgIpc) is 2.23. The van der Waals surface area contributed by atoms with Gasteiger partial charge in [0.2, 0.25) is 0 Å². The normalized spacial score (nSPS) is 10.2. The minimum absolute atomic E-state index is 0.167. The van der Waals surface area contributed by atoms with Gasteiger partial charge in [-0.1, -0.05) is 11.6 Å². The van der Waals surface area contributed by atoms with E-state index < -0.39 is 5.82 Å². The predicted molar refractivity (Wildman–Crippen MR) is 62.4 cm³/mol. The van der Waals surface area contributed by atoms with E-state index in [1.807, 2.05) is 0 Å². The summed E-state index contributed by atoms with van der Waals surface area (Å²) >= 11 is 5.87. The zero-order valence-corrected chi connectivity index (χ0v) is 9.99. The number of aryl methyl sites for hydroxylation is 1. The minimum Gasteiger partial charge on any atom is -0.351 e. The van der Waals surface area contributed by atoms with Gasteiger partial charge in [-0.25, -0.2) is 4.39 Å². The van der Waals surface area contributed by atoms with Crippen LogP contribution in [0.2, 0.25) is 5.02 Å². The van der Waals surface area contributed by atoms with Crippen LogP contribution in [0.25, 0.3) is 0 Å². The van der Waals surface area contributed by atoms with Crippen LogP contribution in [-0.4, -0.2) is 26.0 Å². The van der Waals surface area contributed by atoms with Crippen LogP contribution in [0.4, 0.5) is 4.39 Å². The molecule has 1 aromatic carbocycles. The molecular weight excluding hydrogens is 231 g/mol. The fourth-order valence-electron chi connectivity index (χ4n) is 1.22. The van der Waals surface area contributed by atoms with Gasteiger partial charge in [0.05, 0.1) is 10.6 Å². The van der Waals surface area contributed by atoms with Gasteiger partial charge in [-0.05, 0) is 31.7 Å². The highest BCUT2D eigenvalue weighted by atomic mass is 35.5. The van der Waals surface area contributed by atoms with Crippen molar-refractivity contribution in [2.75, 3.05) is 20.1 Å². The van der Waals surface area contributed by atoms with Gasteiger partial charge in [-0.3, -0.25) is 4.79 Å². The Labute approximate surface area is 99.0 Å². The van der Waals surface area contributed by atoms with Crippen LogP contribution in [0, 0.1) is 12.7 Å². The Morgan fingerprint density at radius 3 is 2.75 bits per heavy atom. The third kappa shape index (κ3) is 3.18. The summed E-state index contributed by atoms with van der Waals surface area (Å²) in [6.07, 6.45) is 0. The fraction of sp³-hybridized carbons (Fsp3) is 0.364. The summed E-state index contributed by atoms with van der Waals surface area (Å²) in [5.41, 5.74) is 0.595. The van der Waals surface area contributed by atoms with Crippen LogP contribution < -0.4 is 10.6 Å². The second-order valence-electron chi connectivity index (χ2n) is 3.44. The minimum atomic E-state index is -0.428. The van der Waals surface area contributed by atoms with Gasteiger partial charge in [-0.15, -0.1) is 0 Å². The van der Waals surface area contributed by atoms with Gasteiger partial charge in [0.15, 0.2) is 0 Å². The predicted octanol–water partition coefficient (Wildman–Crippen LogP) is 1.74. The molecule has 0 aliphatic carbocycles. The summed E-state index contributed by atoms with van der Waals surface area (Å²) in [4.78, 5) is 11.6. The number of halogens is 2. The lowest BCUT2D eigenvalue weighted by Crippen LogP contribution is -2.30. The molecule has 2 N–H and O–H groups in total. The highest BCUT2D eigenvalue weighted by molar-refractivity contribution is 6.33. The lowest BCUT2D eigenvalue weighted by Gasteiger charge is -2.07. The molecule has 0 radical (unpaired) electrons. The summed E-state index contributed by atoms with van der Waals surface area (Å²) in [5, 5.41) is 5.79. The van der Waals surface area contributed by atoms with E-state index in [1.165, 1.54) is 6.07 Å². The van der Waals surface area contributed by atoms with E-state index in [0.29, 0.717) is 18.7 Å². The second kappa shape index (κ2) is 5.82. The Balaban J connectivity index is 2.79. The zero-order valence-electron chi connectivity index (χ0n) is 9.23. The largest absolute Gasteiger partial charge is 0.351 e. The number of rotatable bonds is 4. The van der Waals surface area contributed by atoms with E-state index in [4.69, 9.17) is 11.6 Å². The van der Waals surface area contributed by atoms with Gasteiger partial charge in [0.1, 0.15) is 5.82 Å². The third-order valence-corrected chi connectivity index (χ3v) is 2.47. The second-order valence-corrected chi connectivity index (χ2v) is 3.85. The molecule has 0 atom stereocenters. The Hall–Kier alpha value is -1.13. The number of amides is 1. The summed E-state index contributed by atoms with van der Waals surface area (Å²) in [5.74, 6) is -0.790. The van der Waals surface area contributed by atoms with E-state index in [2.05, 4.69) is 10.6 Å². The first-order chi connectivity index (χ1) is 7.56. The fourth-order valence-corrected chi connectivity index (χ4v) is 1.52. The van der Waals surface area contributed by atoms with Gasteiger partial charge in [0.25, 0.3) is 5.91 Å². The van der Waals surface area contributed by atoms with Crippen molar-refractivity contribution in [3.05, 3.63) is 34.1 Å². The van der Waals surface area contributed by atoms with E-state index in [1.54, 1.807) is 14.0 Å². The Kier molecular flexibility index (Phi) is 4.71. The lowest BCUT2D eigenvalue weighted by atomic mass is 10.1. The average molecular weight is 245 g/mol. The molecule has 0 aromatic heterocycles. The molecule has 0 bridgehead atoms. The molecule has 0 fully saturated rings. The number of hydrogen-bond donors (Lipinski definition) is 2. The molecule has 16 heavy (non-hydrogen) atoms. The summed E-state index contributed by atoms with van der Waals surface area (Å²) < 4.78 is 13.3. The van der Waals surface area contributed by atoms with Crippen molar-refractivity contribution in [2.24, 2.45) is 0 Å². The van der Waals surface area contributed by atoms with Gasteiger partial charge in [-0.2, -0.15) is 0 Å². The van der Waals surface area contributed by atoms with E-state index in [9.17, 15) is 9.18 Å². The molecule has 0 spiro atoms. The maximum atomic E-state index is 13.3. The molecule has 3 nitrogen and oxygen atoms in total. The number of nitrogens with one attached hydrogen (secondary N) is 2. The SMILES string of the molecule is CNCCNC(=O)c1cc(F)c(C)cc1Cl. The van der Waals surface area contributed by atoms with E-state index in [0.717, 1.165) is 6.07 Å². The molecule has 0 saturated heterocycles. The van der Waals surface area contributed by atoms with Crippen LogP contribution in [-0.2, 0) is 0 Å². The zero-order chi connectivity index (χ0) is 12.1. The van der Waals surface area contributed by atoms with Crippen LogP contribution in [0.3, 0.4) is 0 Å². The molecule has 88 valence electrons. The summed E-state index contributed by atoms with van der Waals surface area (Å²) in [7, 11) is 1.78. The van der Waals surface area contributed by atoms with Crippen molar-refractivity contribution in [3.8, 4) is 0 Å². The number of benzene rings is 1. The summed E-state index contributed by atoms with van der Waals surface area (Å²) in [6, 6.07) is 2.61. The molecule has 0 saturated carbocycles. The highest BCUT2D eigenvalue weighted by Crippen LogP contribution is 2.20. The summed E-state index contributed by atoms with van der Waals surface area (Å²) in [6.45, 7) is 2.72. The monoisotopic (exact) mass is 244 g/mol. The first-order valence-corrected chi connectivity index (χ1v) is 5.32. The van der Waals surface area contributed by atoms with Gasteiger partial charge in [0, 0.05) is 13.1 Å². The Morgan fingerprint density at radius 1 is 1.44 bits per heavy atom. The Morgan fingerprint density at radius 2 is 2.12 bits per heavy atom. The maximum absolute atomic E-state index is 13.3. The molecule has 0 unspecified atom stereocenters. The van der Waals surface area contributed by atoms with Crippen molar-refractivity contribution in [2.45, 2.75) is 6.92 Å². The van der Waals surface area contributed by atoms with Crippen molar-refractivity contribution < 1.29 is 9.18 Å². The quantitative estimate of drug-likeness (QED) is 0.793. The molecule has 0 heterocycles. The third-order valence-electron chi connectivity index (χ3n) is 2.15. The molecule has 0 aliphatic rings. The number of carbonyl (C=O) groups excluding carboxylic acids is 1. The van der Waals surface area contributed by atoms with Crippen molar-refractivity contribution in [1.82, 2.24) is 10.6 Å². The molecule has 5 heteroatoms. The van der Waals surface area contributed by atoms with E-state index >= 15 is 0 Å². The van der Waals surface area contributed by atoms with Gasteiger partial charge >= 0.3 is 0 Å². The van der Waals surface area contributed by atoms with Crippen LogP contribution in [0.15, 0.2) is 12.1 Å². The van der Waals surface area contributed by atoms with Crippen LogP contribution in [0.5, 0.6) is 0 Å². The number of hydrogen-bond acceptors (Lipinski definition) is 2. The van der Waals surface area contributed by atoms with Gasteiger partial charge < -0.3 is 10.6 Å². The first-order valence-electron chi connectivity index (χ1n) is 4.94. The molecule has 1 aromatic rings. The topological polar surface area (TPSA) is 41.1 Å². The van der Waals surface area contributed by atoms with Crippen molar-refractivity contribution >= 4 is 17.5 Å². The highest BCUT2D eigenvalue weighted by Gasteiger charge is 2.12. The number of likely N-dealkylation sites (N-methyl/N-ethyl adjacent to an activating group) is 1. The van der Waals surface area contributed by atoms with E-state index in [-0.39, 0.29) is 16.5 Å². The first kappa shape index (κ1) is 12.9. The molecule has 1 amide bonds. The molecule has 1 rings (SSSR count). The van der Waals surface area contributed by atoms with Crippen molar-refractivity contribution in [1.29, 1.82) is 0 Å². The molecular formula is C11H14ClFN2O. The van der Waals surface area contributed by atoms with Crippen molar-refractivity contribution in [3.63, 3.8) is 0 Å². The maximum Gasteiger partial charge on any atom is 0.252 e. The number of carbonyl (C=O) groups is 1.